The molecule has 5 heteroatoms. The van der Waals surface area contributed by atoms with Crippen molar-refractivity contribution < 1.29 is 4.79 Å². The standard InChI is InChI=1S/C21H36N2OS2/c1-4-5-6-7-8-11-16(2)14-25-17(3)12-9-10-13-19-20-18(15-26-19)22-21(24)23-20/h18-20H,2-15H2,1H3,(H2,22,23,24)/t18-,19-,20-/m0/s1. The zero-order valence-corrected chi connectivity index (χ0v) is 18.0. The number of hydrogen-bond acceptors (Lipinski definition) is 3. The number of unbranched alkanes of at least 4 members (excludes halogenated alkanes) is 5. The number of urea groups is 1. The van der Waals surface area contributed by atoms with Gasteiger partial charge in [-0.3, -0.25) is 0 Å². The van der Waals surface area contributed by atoms with Gasteiger partial charge in [0.1, 0.15) is 0 Å². The van der Waals surface area contributed by atoms with Gasteiger partial charge in [-0.1, -0.05) is 57.8 Å². The monoisotopic (exact) mass is 396 g/mol. The smallest absolute Gasteiger partial charge is 0.315 e. The summed E-state index contributed by atoms with van der Waals surface area (Å²) in [5, 5.41) is 6.66. The zero-order chi connectivity index (χ0) is 18.8. The van der Waals surface area contributed by atoms with Gasteiger partial charge < -0.3 is 10.6 Å². The van der Waals surface area contributed by atoms with Crippen LogP contribution in [0.5, 0.6) is 0 Å². The minimum atomic E-state index is 0.0145. The first-order valence-corrected chi connectivity index (χ1v) is 12.3. The fraction of sp³-hybridized carbons (Fsp3) is 0.762. The van der Waals surface area contributed by atoms with E-state index in [0.717, 1.165) is 17.9 Å². The average Bonchev–Trinajstić information content (AvgIpc) is 3.16. The largest absolute Gasteiger partial charge is 0.332 e. The zero-order valence-electron chi connectivity index (χ0n) is 16.4. The number of hydrogen-bond donors (Lipinski definition) is 2. The summed E-state index contributed by atoms with van der Waals surface area (Å²) in [5.74, 6) is 2.09. The molecular formula is C21H36N2OS2. The van der Waals surface area contributed by atoms with Crippen molar-refractivity contribution in [2.24, 2.45) is 0 Å². The van der Waals surface area contributed by atoms with Crippen molar-refractivity contribution in [3.8, 4) is 0 Å². The molecule has 2 heterocycles. The average molecular weight is 397 g/mol. The molecule has 0 radical (unpaired) electrons. The lowest BCUT2D eigenvalue weighted by Gasteiger charge is -2.16. The molecule has 2 amide bonds. The molecule has 2 N–H and O–H groups in total. The number of allylic oxidation sites excluding steroid dienone is 1. The van der Waals surface area contributed by atoms with Crippen molar-refractivity contribution in [3.05, 3.63) is 23.6 Å². The van der Waals surface area contributed by atoms with Gasteiger partial charge in [-0.2, -0.15) is 11.8 Å². The van der Waals surface area contributed by atoms with E-state index in [9.17, 15) is 4.79 Å². The summed E-state index contributed by atoms with van der Waals surface area (Å²) in [4.78, 5) is 12.7. The molecule has 0 aromatic heterocycles. The second kappa shape index (κ2) is 12.0. The SMILES string of the molecule is C=C(CCCCCCC)CSC(=C)CCCC[C@@H]1SC[C@@H]2NC(=O)N[C@@H]21. The molecule has 2 fully saturated rings. The maximum atomic E-state index is 11.4. The van der Waals surface area contributed by atoms with Crippen LogP contribution >= 0.6 is 23.5 Å². The quantitative estimate of drug-likeness (QED) is 0.219. The van der Waals surface area contributed by atoms with Gasteiger partial charge in [0.05, 0.1) is 12.1 Å². The van der Waals surface area contributed by atoms with Crippen LogP contribution in [0.4, 0.5) is 4.79 Å². The summed E-state index contributed by atoms with van der Waals surface area (Å²) in [5.41, 5.74) is 1.37. The van der Waals surface area contributed by atoms with E-state index in [1.165, 1.54) is 68.3 Å². The first-order chi connectivity index (χ1) is 12.6. The third-order valence-electron chi connectivity index (χ3n) is 5.25. The van der Waals surface area contributed by atoms with Gasteiger partial charge >= 0.3 is 6.03 Å². The van der Waals surface area contributed by atoms with E-state index in [1.54, 1.807) is 0 Å². The Labute approximate surface area is 168 Å². The molecule has 26 heavy (non-hydrogen) atoms. The third kappa shape index (κ3) is 7.59. The Hall–Kier alpha value is -0.550. The Kier molecular flexibility index (Phi) is 10.1. The first kappa shape index (κ1) is 21.7. The second-order valence-corrected chi connectivity index (χ2v) is 10.0. The van der Waals surface area contributed by atoms with Crippen LogP contribution in [0.25, 0.3) is 0 Å². The van der Waals surface area contributed by atoms with Gasteiger partial charge in [-0.25, -0.2) is 4.79 Å². The number of carbonyl (C=O) groups excluding carboxylic acids is 1. The summed E-state index contributed by atoms with van der Waals surface area (Å²) < 4.78 is 0. The fourth-order valence-corrected chi connectivity index (χ4v) is 6.02. The molecule has 0 aliphatic carbocycles. The Morgan fingerprint density at radius 3 is 2.69 bits per heavy atom. The van der Waals surface area contributed by atoms with Crippen molar-refractivity contribution in [2.75, 3.05) is 11.5 Å². The normalized spacial score (nSPS) is 24.2. The van der Waals surface area contributed by atoms with Gasteiger partial charge in [0.15, 0.2) is 0 Å². The number of nitrogens with one attached hydrogen (secondary N) is 2. The molecule has 0 unspecified atom stereocenters. The Bertz CT molecular complexity index is 481. The molecule has 0 saturated carbocycles. The van der Waals surface area contributed by atoms with E-state index in [1.807, 2.05) is 23.5 Å². The van der Waals surface area contributed by atoms with Crippen molar-refractivity contribution in [3.63, 3.8) is 0 Å². The van der Waals surface area contributed by atoms with E-state index in [-0.39, 0.29) is 6.03 Å². The van der Waals surface area contributed by atoms with Crippen LogP contribution in [0.15, 0.2) is 23.6 Å². The highest BCUT2D eigenvalue weighted by molar-refractivity contribution is 8.03. The molecule has 0 aromatic rings. The van der Waals surface area contributed by atoms with Crippen LogP contribution in [0.2, 0.25) is 0 Å². The Balaban J connectivity index is 1.46. The van der Waals surface area contributed by atoms with Crippen molar-refractivity contribution in [1.82, 2.24) is 10.6 Å². The lowest BCUT2D eigenvalue weighted by molar-refractivity contribution is 0.247. The lowest BCUT2D eigenvalue weighted by atomic mass is 10.0. The number of fused-ring (bicyclic) bond motifs is 1. The lowest BCUT2D eigenvalue weighted by Crippen LogP contribution is -2.36. The summed E-state index contributed by atoms with van der Waals surface area (Å²) in [7, 11) is 0. The van der Waals surface area contributed by atoms with Crippen LogP contribution in [0, 0.1) is 0 Å². The molecule has 0 aromatic carbocycles. The van der Waals surface area contributed by atoms with Gasteiger partial charge in [-0.15, -0.1) is 11.8 Å². The summed E-state index contributed by atoms with van der Waals surface area (Å²) in [6, 6.07) is 0.697. The number of amides is 2. The van der Waals surface area contributed by atoms with E-state index < -0.39 is 0 Å². The predicted octanol–water partition coefficient (Wildman–Crippen LogP) is 5.88. The highest BCUT2D eigenvalue weighted by Gasteiger charge is 2.42. The fourth-order valence-electron chi connectivity index (χ4n) is 3.64. The van der Waals surface area contributed by atoms with Gasteiger partial charge in [0, 0.05) is 16.8 Å². The number of carbonyl (C=O) groups is 1. The minimum Gasteiger partial charge on any atom is -0.332 e. The molecule has 0 spiro atoms. The number of rotatable bonds is 14. The van der Waals surface area contributed by atoms with Crippen LogP contribution in [-0.4, -0.2) is 34.9 Å². The molecule has 3 nitrogen and oxygen atoms in total. The maximum absolute atomic E-state index is 11.4. The van der Waals surface area contributed by atoms with E-state index in [4.69, 9.17) is 0 Å². The summed E-state index contributed by atoms with van der Waals surface area (Å²) >= 11 is 3.89. The Morgan fingerprint density at radius 1 is 1.12 bits per heavy atom. The molecular weight excluding hydrogens is 360 g/mol. The van der Waals surface area contributed by atoms with Gasteiger partial charge in [0.2, 0.25) is 0 Å². The Morgan fingerprint density at radius 2 is 1.88 bits per heavy atom. The summed E-state index contributed by atoms with van der Waals surface area (Å²) in [6.07, 6.45) is 12.6. The third-order valence-corrected chi connectivity index (χ3v) is 7.92. The van der Waals surface area contributed by atoms with E-state index in [0.29, 0.717) is 17.3 Å². The van der Waals surface area contributed by atoms with Crippen LogP contribution in [-0.2, 0) is 0 Å². The molecule has 2 rings (SSSR count). The predicted molar refractivity (Wildman–Crippen MR) is 118 cm³/mol. The van der Waals surface area contributed by atoms with Crippen LogP contribution in [0.3, 0.4) is 0 Å². The molecule has 3 atom stereocenters. The van der Waals surface area contributed by atoms with E-state index in [2.05, 4.69) is 30.7 Å². The number of thioether (sulfide) groups is 2. The topological polar surface area (TPSA) is 41.1 Å². The highest BCUT2D eigenvalue weighted by atomic mass is 32.2. The minimum absolute atomic E-state index is 0.0145. The van der Waals surface area contributed by atoms with Crippen molar-refractivity contribution in [2.45, 2.75) is 88.5 Å². The highest BCUT2D eigenvalue weighted by Crippen LogP contribution is 2.33. The first-order valence-electron chi connectivity index (χ1n) is 10.3. The molecule has 148 valence electrons. The second-order valence-electron chi connectivity index (χ2n) is 7.61. The maximum Gasteiger partial charge on any atom is 0.315 e. The van der Waals surface area contributed by atoms with Gasteiger partial charge in [-0.05, 0) is 37.0 Å². The molecule has 0 bridgehead atoms. The molecule has 2 aliphatic rings. The summed E-state index contributed by atoms with van der Waals surface area (Å²) in [6.45, 7) is 10.7. The van der Waals surface area contributed by atoms with Crippen molar-refractivity contribution in [1.29, 1.82) is 0 Å². The van der Waals surface area contributed by atoms with Crippen molar-refractivity contribution >= 4 is 29.6 Å². The van der Waals surface area contributed by atoms with Crippen LogP contribution in [0.1, 0.15) is 71.1 Å². The van der Waals surface area contributed by atoms with E-state index >= 15 is 0 Å². The van der Waals surface area contributed by atoms with Gasteiger partial charge in [0.25, 0.3) is 0 Å². The van der Waals surface area contributed by atoms with Crippen LogP contribution < -0.4 is 10.6 Å². The molecule has 2 aliphatic heterocycles. The molecule has 2 saturated heterocycles.